The van der Waals surface area contributed by atoms with Gasteiger partial charge in [-0.1, -0.05) is 0 Å². The summed E-state index contributed by atoms with van der Waals surface area (Å²) in [7, 11) is -6.18. The van der Waals surface area contributed by atoms with Crippen molar-refractivity contribution in [3.63, 3.8) is 0 Å². The van der Waals surface area contributed by atoms with Gasteiger partial charge in [0.2, 0.25) is 0 Å². The summed E-state index contributed by atoms with van der Waals surface area (Å²) in [5, 5.41) is -0.157. The third-order valence-electron chi connectivity index (χ3n) is 1.53. The molecule has 0 spiro atoms. The second-order valence-corrected chi connectivity index (χ2v) is 8.29. The second-order valence-electron chi connectivity index (χ2n) is 3.05. The zero-order valence-electron chi connectivity index (χ0n) is 9.78. The molecule has 0 fully saturated rings. The number of sulfone groups is 1. The molecule has 0 saturated heterocycles. The molecular weight excluding hydrogens is 236 g/mol. The van der Waals surface area contributed by atoms with Crippen LogP contribution in [0.3, 0.4) is 0 Å². The van der Waals surface area contributed by atoms with Gasteiger partial charge in [0.25, 0.3) is 0 Å². The molecule has 92 valence electrons. The van der Waals surface area contributed by atoms with Crippen LogP contribution in [0.5, 0.6) is 0 Å². The predicted molar refractivity (Wildman–Crippen MR) is 60.3 cm³/mol. The van der Waals surface area contributed by atoms with Crippen molar-refractivity contribution in [2.75, 3.05) is 31.5 Å². The highest BCUT2D eigenvalue weighted by Crippen LogP contribution is 2.12. The van der Waals surface area contributed by atoms with E-state index in [0.29, 0.717) is 19.8 Å². The first-order valence-electron chi connectivity index (χ1n) is 4.98. The Hall–Kier alpha value is 0.0469. The summed E-state index contributed by atoms with van der Waals surface area (Å²) in [6, 6.07) is 0. The molecule has 7 heteroatoms. The Bertz CT molecular complexity index is 247. The molecular formula is C8H20O5SSi. The zero-order chi connectivity index (χ0) is 11.9. The fourth-order valence-electron chi connectivity index (χ4n) is 1.23. The Morgan fingerprint density at radius 3 is 1.47 bits per heavy atom. The topological polar surface area (TPSA) is 61.8 Å². The predicted octanol–water partition coefficient (Wildman–Crippen LogP) is 0.619. The van der Waals surface area contributed by atoms with Crippen molar-refractivity contribution in [1.82, 2.24) is 0 Å². The van der Waals surface area contributed by atoms with E-state index in [2.05, 4.69) is 0 Å². The van der Waals surface area contributed by atoms with Gasteiger partial charge < -0.3 is 13.3 Å². The molecule has 15 heavy (non-hydrogen) atoms. The number of hydrogen-bond donors (Lipinski definition) is 0. The molecule has 0 aliphatic rings. The van der Waals surface area contributed by atoms with Gasteiger partial charge in [-0.15, -0.1) is 0 Å². The Kier molecular flexibility index (Phi) is 6.61. The first kappa shape index (κ1) is 15.0. The molecule has 0 saturated carbocycles. The van der Waals surface area contributed by atoms with E-state index < -0.39 is 18.6 Å². The summed E-state index contributed by atoms with van der Waals surface area (Å²) >= 11 is 0. The molecule has 0 atom stereocenters. The van der Waals surface area contributed by atoms with Gasteiger partial charge in [0.1, 0.15) is 5.38 Å². The van der Waals surface area contributed by atoms with E-state index in [9.17, 15) is 8.42 Å². The molecule has 0 rings (SSSR count). The maximum absolute atomic E-state index is 11.3. The Morgan fingerprint density at radius 1 is 0.933 bits per heavy atom. The Labute approximate surface area is 93.0 Å². The van der Waals surface area contributed by atoms with Gasteiger partial charge in [0, 0.05) is 26.1 Å². The van der Waals surface area contributed by atoms with Crippen molar-refractivity contribution >= 4 is 18.6 Å². The maximum atomic E-state index is 11.3. The molecule has 0 aliphatic carbocycles. The Balaban J connectivity index is 4.75. The van der Waals surface area contributed by atoms with Gasteiger partial charge >= 0.3 is 8.80 Å². The molecule has 0 heterocycles. The third-order valence-corrected chi connectivity index (χ3v) is 7.23. The molecule has 0 N–H and O–H groups in total. The average Bonchev–Trinajstić information content (AvgIpc) is 2.01. The first-order valence-corrected chi connectivity index (χ1v) is 8.98. The van der Waals surface area contributed by atoms with E-state index in [-0.39, 0.29) is 5.38 Å². The quantitative estimate of drug-likeness (QED) is 0.596. The summed E-state index contributed by atoms with van der Waals surface area (Å²) in [4.78, 5) is 0. The van der Waals surface area contributed by atoms with Gasteiger partial charge in [0.15, 0.2) is 9.84 Å². The maximum Gasteiger partial charge on any atom is 0.516 e. The third kappa shape index (κ3) is 6.26. The fraction of sp³-hybridized carbons (Fsp3) is 1.00. The molecule has 0 bridgehead atoms. The van der Waals surface area contributed by atoms with Crippen LogP contribution < -0.4 is 0 Å². The lowest BCUT2D eigenvalue weighted by molar-refractivity contribution is 0.0769. The lowest BCUT2D eigenvalue weighted by atomic mass is 10.9. The molecule has 0 aromatic heterocycles. The van der Waals surface area contributed by atoms with Crippen LogP contribution in [0.4, 0.5) is 0 Å². The van der Waals surface area contributed by atoms with Gasteiger partial charge in [-0.05, 0) is 20.8 Å². The zero-order valence-corrected chi connectivity index (χ0v) is 11.6. The minimum atomic E-state index is -3.16. The van der Waals surface area contributed by atoms with Crippen molar-refractivity contribution < 1.29 is 21.7 Å². The van der Waals surface area contributed by atoms with Crippen LogP contribution in [-0.4, -0.2) is 48.7 Å². The number of rotatable bonds is 8. The van der Waals surface area contributed by atoms with E-state index in [0.717, 1.165) is 6.26 Å². The average molecular weight is 256 g/mol. The summed E-state index contributed by atoms with van der Waals surface area (Å²) in [5.74, 6) is 0. The van der Waals surface area contributed by atoms with Crippen molar-refractivity contribution in [2.45, 2.75) is 20.8 Å². The van der Waals surface area contributed by atoms with Crippen LogP contribution in [0.15, 0.2) is 0 Å². The largest absolute Gasteiger partial charge is 0.516 e. The molecule has 0 aliphatic heterocycles. The van der Waals surface area contributed by atoms with Gasteiger partial charge in [-0.25, -0.2) is 8.42 Å². The first-order chi connectivity index (χ1) is 6.89. The molecule has 0 aromatic rings. The second kappa shape index (κ2) is 6.59. The lowest BCUT2D eigenvalue weighted by Crippen LogP contribution is -2.52. The molecule has 0 aromatic carbocycles. The normalized spacial score (nSPS) is 13.1. The van der Waals surface area contributed by atoms with E-state index >= 15 is 0 Å². The van der Waals surface area contributed by atoms with Crippen LogP contribution in [0.2, 0.25) is 0 Å². The smallest absolute Gasteiger partial charge is 0.373 e. The lowest BCUT2D eigenvalue weighted by Gasteiger charge is -2.27. The summed E-state index contributed by atoms with van der Waals surface area (Å²) in [6.45, 7) is 6.55. The van der Waals surface area contributed by atoms with Crippen LogP contribution in [0, 0.1) is 0 Å². The highest BCUT2D eigenvalue weighted by atomic mass is 32.2. The SMILES string of the molecule is CCO[Si](CS(C)(=O)=O)(OCC)OCC. The van der Waals surface area contributed by atoms with Crippen molar-refractivity contribution in [1.29, 1.82) is 0 Å². The number of hydrogen-bond acceptors (Lipinski definition) is 5. The minimum absolute atomic E-state index is 0.157. The van der Waals surface area contributed by atoms with Gasteiger partial charge in [0.05, 0.1) is 0 Å². The van der Waals surface area contributed by atoms with E-state index in [1.807, 2.05) is 0 Å². The van der Waals surface area contributed by atoms with E-state index in [1.165, 1.54) is 0 Å². The standard InChI is InChI=1S/C8H20O5SSi/c1-5-11-15(12-6-2,13-7-3)8-14(4,9)10/h5-8H2,1-4H3. The molecule has 0 unspecified atom stereocenters. The van der Waals surface area contributed by atoms with Crippen molar-refractivity contribution in [2.24, 2.45) is 0 Å². The van der Waals surface area contributed by atoms with Gasteiger partial charge in [-0.2, -0.15) is 0 Å². The summed E-state index contributed by atoms with van der Waals surface area (Å²) < 4.78 is 38.7. The molecule has 0 amide bonds. The van der Waals surface area contributed by atoms with Crippen LogP contribution >= 0.6 is 0 Å². The summed E-state index contributed by atoms with van der Waals surface area (Å²) in [5.41, 5.74) is 0. The Morgan fingerprint density at radius 2 is 1.27 bits per heavy atom. The molecule has 0 radical (unpaired) electrons. The van der Waals surface area contributed by atoms with E-state index in [1.54, 1.807) is 20.8 Å². The highest BCUT2D eigenvalue weighted by molar-refractivity contribution is 7.92. The monoisotopic (exact) mass is 256 g/mol. The van der Waals surface area contributed by atoms with E-state index in [4.69, 9.17) is 13.3 Å². The van der Waals surface area contributed by atoms with Crippen molar-refractivity contribution in [3.05, 3.63) is 0 Å². The van der Waals surface area contributed by atoms with Crippen LogP contribution in [0.1, 0.15) is 20.8 Å². The highest BCUT2D eigenvalue weighted by Gasteiger charge is 2.44. The van der Waals surface area contributed by atoms with Crippen LogP contribution in [0.25, 0.3) is 0 Å². The summed E-state index contributed by atoms with van der Waals surface area (Å²) in [6.07, 6.45) is 1.16. The minimum Gasteiger partial charge on any atom is -0.373 e. The fourth-order valence-corrected chi connectivity index (χ4v) is 6.37. The van der Waals surface area contributed by atoms with Crippen LogP contribution in [-0.2, 0) is 23.1 Å². The van der Waals surface area contributed by atoms with Crippen molar-refractivity contribution in [3.8, 4) is 0 Å². The molecule has 5 nitrogen and oxygen atoms in total. The van der Waals surface area contributed by atoms with Gasteiger partial charge in [-0.3, -0.25) is 0 Å².